The van der Waals surface area contributed by atoms with E-state index in [1.54, 1.807) is 0 Å². The van der Waals surface area contributed by atoms with Crippen LogP contribution in [0.4, 0.5) is 0 Å². The summed E-state index contributed by atoms with van der Waals surface area (Å²) in [4.78, 5) is 22.6. The average molecular weight is 478 g/mol. The Kier molecular flexibility index (Phi) is 6.14. The van der Waals surface area contributed by atoms with Crippen molar-refractivity contribution in [3.63, 3.8) is 0 Å². The molecule has 2 saturated heterocycles. The molecule has 178 valence electrons. The van der Waals surface area contributed by atoms with Gasteiger partial charge in [0.15, 0.2) is 11.5 Å². The zero-order valence-electron chi connectivity index (χ0n) is 19.4. The van der Waals surface area contributed by atoms with Gasteiger partial charge in [0, 0.05) is 18.9 Å². The second-order valence-corrected chi connectivity index (χ2v) is 10.6. The van der Waals surface area contributed by atoms with E-state index < -0.39 is 0 Å². The smallest absolute Gasteiger partial charge is 0.237 e. The van der Waals surface area contributed by atoms with E-state index in [1.165, 1.54) is 9.71 Å². The zero-order valence-corrected chi connectivity index (χ0v) is 20.3. The fraction of sp³-hybridized carbons (Fsp3) is 0.481. The summed E-state index contributed by atoms with van der Waals surface area (Å²) in [6.45, 7) is 4.62. The monoisotopic (exact) mass is 477 g/mol. The van der Waals surface area contributed by atoms with Crippen LogP contribution in [0.15, 0.2) is 42.5 Å². The minimum absolute atomic E-state index is 0.130. The maximum atomic E-state index is 13.3. The van der Waals surface area contributed by atoms with Gasteiger partial charge >= 0.3 is 0 Å². The summed E-state index contributed by atoms with van der Waals surface area (Å²) in [5.41, 5.74) is 2.26. The molecule has 6 rings (SSSR count). The van der Waals surface area contributed by atoms with Crippen LogP contribution in [-0.2, 0) is 4.79 Å². The molecule has 1 aromatic heterocycles. The predicted octanol–water partition coefficient (Wildman–Crippen LogP) is 5.00. The summed E-state index contributed by atoms with van der Waals surface area (Å²) in [5, 5.41) is 1.25. The summed E-state index contributed by atoms with van der Waals surface area (Å²) < 4.78 is 12.9. The van der Waals surface area contributed by atoms with Gasteiger partial charge in [0.05, 0.1) is 41.0 Å². The number of likely N-dealkylation sites (tertiary alicyclic amines) is 2. The number of piperidine rings is 1. The van der Waals surface area contributed by atoms with E-state index in [2.05, 4.69) is 46.2 Å². The maximum absolute atomic E-state index is 13.3. The minimum Gasteiger partial charge on any atom is -0.490 e. The first-order valence-corrected chi connectivity index (χ1v) is 13.3. The Hall–Kier alpha value is -2.64. The molecule has 1 amide bonds. The number of ether oxygens (including phenoxy) is 2. The first-order chi connectivity index (χ1) is 16.7. The van der Waals surface area contributed by atoms with Crippen LogP contribution in [0.1, 0.15) is 54.6 Å². The van der Waals surface area contributed by atoms with Gasteiger partial charge in [0.2, 0.25) is 5.91 Å². The molecule has 3 aliphatic rings. The van der Waals surface area contributed by atoms with Gasteiger partial charge in [0.1, 0.15) is 0 Å². The minimum atomic E-state index is 0.130. The van der Waals surface area contributed by atoms with E-state index in [0.29, 0.717) is 25.7 Å². The number of amides is 1. The Morgan fingerprint density at radius 3 is 2.65 bits per heavy atom. The number of aromatic nitrogens is 1. The van der Waals surface area contributed by atoms with E-state index >= 15 is 0 Å². The third-order valence-corrected chi connectivity index (χ3v) is 8.53. The van der Waals surface area contributed by atoms with Crippen LogP contribution >= 0.6 is 11.3 Å². The van der Waals surface area contributed by atoms with Gasteiger partial charge in [-0.05, 0) is 68.6 Å². The van der Waals surface area contributed by atoms with Crippen molar-refractivity contribution in [1.82, 2.24) is 14.8 Å². The molecule has 3 aliphatic heterocycles. The summed E-state index contributed by atoms with van der Waals surface area (Å²) in [6, 6.07) is 14.7. The average Bonchev–Trinajstić information content (AvgIpc) is 3.46. The van der Waals surface area contributed by atoms with Crippen LogP contribution in [0.2, 0.25) is 0 Å². The molecule has 4 heterocycles. The van der Waals surface area contributed by atoms with Crippen LogP contribution in [0.3, 0.4) is 0 Å². The maximum Gasteiger partial charge on any atom is 0.237 e. The zero-order chi connectivity index (χ0) is 22.9. The highest BCUT2D eigenvalue weighted by atomic mass is 32.1. The number of nitrogens with zero attached hydrogens (tertiary/aromatic N) is 3. The Balaban J connectivity index is 1.08. The Bertz CT molecular complexity index is 1140. The van der Waals surface area contributed by atoms with Crippen LogP contribution < -0.4 is 9.47 Å². The first-order valence-electron chi connectivity index (χ1n) is 12.5. The van der Waals surface area contributed by atoms with Crippen molar-refractivity contribution < 1.29 is 14.3 Å². The van der Waals surface area contributed by atoms with Gasteiger partial charge in [-0.1, -0.05) is 18.2 Å². The molecule has 34 heavy (non-hydrogen) atoms. The molecule has 7 heteroatoms. The largest absolute Gasteiger partial charge is 0.490 e. The second-order valence-electron chi connectivity index (χ2n) is 9.57. The van der Waals surface area contributed by atoms with E-state index in [-0.39, 0.29) is 11.9 Å². The van der Waals surface area contributed by atoms with Crippen molar-refractivity contribution >= 4 is 27.5 Å². The molecule has 6 nitrogen and oxygen atoms in total. The molecule has 2 aromatic carbocycles. The molecule has 1 atom stereocenters. The van der Waals surface area contributed by atoms with Crippen LogP contribution in [0, 0.1) is 0 Å². The fourth-order valence-corrected chi connectivity index (χ4v) is 6.62. The lowest BCUT2D eigenvalue weighted by molar-refractivity contribution is -0.133. The van der Waals surface area contributed by atoms with Crippen molar-refractivity contribution in [1.29, 1.82) is 0 Å². The summed E-state index contributed by atoms with van der Waals surface area (Å²) in [5.74, 6) is 2.37. The van der Waals surface area contributed by atoms with E-state index in [9.17, 15) is 4.79 Å². The molecular weight excluding hydrogens is 446 g/mol. The summed E-state index contributed by atoms with van der Waals surface area (Å²) >= 11 is 1.82. The highest BCUT2D eigenvalue weighted by Crippen LogP contribution is 2.38. The highest BCUT2D eigenvalue weighted by molar-refractivity contribution is 7.18. The number of para-hydroxylation sites is 1. The van der Waals surface area contributed by atoms with Crippen molar-refractivity contribution in [2.24, 2.45) is 0 Å². The van der Waals surface area contributed by atoms with E-state index in [0.717, 1.165) is 74.3 Å². The van der Waals surface area contributed by atoms with Crippen LogP contribution in [-0.4, -0.2) is 60.1 Å². The standard InChI is InChI=1S/C27H31N3O3S/c31-26(18-29-13-10-19(11-14-29)27-28-21-5-1-2-7-25(21)34-27)30-12-3-6-22(30)20-8-9-23-24(17-20)33-16-4-15-32-23/h1-2,5,7-9,17,19,22H,3-4,6,10-16,18H2/t22-/m1/s1. The molecule has 0 radical (unpaired) electrons. The van der Waals surface area contributed by atoms with E-state index in [1.807, 2.05) is 17.4 Å². The third-order valence-electron chi connectivity index (χ3n) is 7.34. The summed E-state index contributed by atoms with van der Waals surface area (Å²) in [7, 11) is 0. The number of fused-ring (bicyclic) bond motifs is 2. The molecule has 0 N–H and O–H groups in total. The molecule has 0 aliphatic carbocycles. The fourth-order valence-electron chi connectivity index (χ4n) is 5.48. The van der Waals surface area contributed by atoms with Crippen molar-refractivity contribution in [2.75, 3.05) is 39.4 Å². The first kappa shape index (κ1) is 21.9. The number of carbonyl (C=O) groups is 1. The number of rotatable bonds is 4. The van der Waals surface area contributed by atoms with Crippen LogP contribution in [0.5, 0.6) is 11.5 Å². The molecule has 0 saturated carbocycles. The molecule has 2 fully saturated rings. The normalized spacial score (nSPS) is 21.6. The Labute approximate surface area is 204 Å². The van der Waals surface area contributed by atoms with Crippen molar-refractivity contribution in [3.05, 3.63) is 53.0 Å². The lowest BCUT2D eigenvalue weighted by Crippen LogP contribution is -2.43. The van der Waals surface area contributed by atoms with Crippen LogP contribution in [0.25, 0.3) is 10.2 Å². The molecular formula is C27H31N3O3S. The van der Waals surface area contributed by atoms with Gasteiger partial charge in [-0.25, -0.2) is 4.98 Å². The van der Waals surface area contributed by atoms with Crippen molar-refractivity contribution in [2.45, 2.75) is 44.1 Å². The van der Waals surface area contributed by atoms with Crippen molar-refractivity contribution in [3.8, 4) is 11.5 Å². The Morgan fingerprint density at radius 1 is 0.971 bits per heavy atom. The third kappa shape index (κ3) is 4.39. The van der Waals surface area contributed by atoms with Gasteiger partial charge in [0.25, 0.3) is 0 Å². The van der Waals surface area contributed by atoms with E-state index in [4.69, 9.17) is 14.5 Å². The number of benzene rings is 2. The lowest BCUT2D eigenvalue weighted by Gasteiger charge is -2.33. The molecule has 0 unspecified atom stereocenters. The summed E-state index contributed by atoms with van der Waals surface area (Å²) in [6.07, 6.45) is 5.08. The van der Waals surface area contributed by atoms with Gasteiger partial charge < -0.3 is 14.4 Å². The highest BCUT2D eigenvalue weighted by Gasteiger charge is 2.32. The quantitative estimate of drug-likeness (QED) is 0.529. The SMILES string of the molecule is O=C(CN1CCC(c2nc3ccccc3s2)CC1)N1CCC[C@@H]1c1ccc2c(c1)OCCCO2. The molecule has 0 spiro atoms. The Morgan fingerprint density at radius 2 is 1.79 bits per heavy atom. The van der Waals surface area contributed by atoms with Gasteiger partial charge in [-0.15, -0.1) is 11.3 Å². The topological polar surface area (TPSA) is 54.9 Å². The number of hydrogen-bond acceptors (Lipinski definition) is 6. The predicted molar refractivity (Wildman–Crippen MR) is 134 cm³/mol. The molecule has 3 aromatic rings. The van der Waals surface area contributed by atoms with Gasteiger partial charge in [-0.2, -0.15) is 0 Å². The number of thiazole rings is 1. The molecule has 0 bridgehead atoms. The number of carbonyl (C=O) groups excluding carboxylic acids is 1. The number of hydrogen-bond donors (Lipinski definition) is 0. The second kappa shape index (κ2) is 9.55. The van der Waals surface area contributed by atoms with Gasteiger partial charge in [-0.3, -0.25) is 9.69 Å². The lowest BCUT2D eigenvalue weighted by atomic mass is 9.97.